The van der Waals surface area contributed by atoms with Gasteiger partial charge in [0.05, 0.1) is 17.8 Å². The number of nitrogens with one attached hydrogen (secondary N) is 1. The highest BCUT2D eigenvalue weighted by Gasteiger charge is 2.37. The number of rotatable bonds is 6. The van der Waals surface area contributed by atoms with Crippen LogP contribution in [0.3, 0.4) is 0 Å². The molecule has 0 atom stereocenters. The molecular formula is C15H24F2N2O2. The molecule has 1 N–H and O–H groups in total. The fraction of sp³-hybridized carbons (Fsp3) is 0.800. The van der Waals surface area contributed by atoms with Gasteiger partial charge in [0, 0.05) is 26.5 Å². The molecule has 0 amide bonds. The Labute approximate surface area is 124 Å². The lowest BCUT2D eigenvalue weighted by molar-refractivity contribution is -0.0668. The molecule has 0 aliphatic heterocycles. The molecule has 1 aromatic heterocycles. The number of nitrogens with zero attached hydrogens (tertiary/aromatic N) is 1. The SMILES string of the molecule is COC1(CNCc2oc(C)nc2C)CCC(C(F)F)CC1. The molecule has 6 heteroatoms. The van der Waals surface area contributed by atoms with E-state index in [4.69, 9.17) is 9.15 Å². The van der Waals surface area contributed by atoms with Crippen molar-refractivity contribution in [1.29, 1.82) is 0 Å². The van der Waals surface area contributed by atoms with E-state index in [0.29, 0.717) is 44.7 Å². The van der Waals surface area contributed by atoms with Gasteiger partial charge >= 0.3 is 0 Å². The van der Waals surface area contributed by atoms with Crippen LogP contribution in [0.15, 0.2) is 4.42 Å². The summed E-state index contributed by atoms with van der Waals surface area (Å²) in [4.78, 5) is 4.22. The van der Waals surface area contributed by atoms with E-state index in [1.54, 1.807) is 7.11 Å². The molecule has 0 unspecified atom stereocenters. The number of ether oxygens (including phenoxy) is 1. The maximum absolute atomic E-state index is 12.7. The second-order valence-corrected chi connectivity index (χ2v) is 5.90. The van der Waals surface area contributed by atoms with E-state index in [1.807, 2.05) is 13.8 Å². The monoisotopic (exact) mass is 302 g/mol. The molecule has 120 valence electrons. The Balaban J connectivity index is 1.84. The minimum atomic E-state index is -2.22. The van der Waals surface area contributed by atoms with Crippen LogP contribution in [0.25, 0.3) is 0 Å². The van der Waals surface area contributed by atoms with Gasteiger partial charge in [0.2, 0.25) is 6.43 Å². The van der Waals surface area contributed by atoms with Gasteiger partial charge in [-0.3, -0.25) is 0 Å². The van der Waals surface area contributed by atoms with Crippen LogP contribution in [-0.2, 0) is 11.3 Å². The smallest absolute Gasteiger partial charge is 0.241 e. The molecule has 1 aliphatic rings. The lowest BCUT2D eigenvalue weighted by atomic mass is 9.78. The van der Waals surface area contributed by atoms with E-state index in [0.717, 1.165) is 11.5 Å². The summed E-state index contributed by atoms with van der Waals surface area (Å²) in [6.07, 6.45) is 0.161. The number of alkyl halides is 2. The van der Waals surface area contributed by atoms with Crippen LogP contribution in [0.5, 0.6) is 0 Å². The first kappa shape index (κ1) is 16.4. The molecule has 1 aliphatic carbocycles. The molecular weight excluding hydrogens is 278 g/mol. The first-order valence-electron chi connectivity index (χ1n) is 7.43. The van der Waals surface area contributed by atoms with Crippen molar-refractivity contribution >= 4 is 0 Å². The summed E-state index contributed by atoms with van der Waals surface area (Å²) in [7, 11) is 1.66. The first-order valence-corrected chi connectivity index (χ1v) is 7.43. The Morgan fingerprint density at radius 3 is 2.52 bits per heavy atom. The molecule has 4 nitrogen and oxygen atoms in total. The van der Waals surface area contributed by atoms with Crippen LogP contribution in [0, 0.1) is 19.8 Å². The predicted molar refractivity (Wildman–Crippen MR) is 75.4 cm³/mol. The number of aromatic nitrogens is 1. The normalized spacial score (nSPS) is 26.5. The van der Waals surface area contributed by atoms with Gasteiger partial charge in [-0.1, -0.05) is 0 Å². The zero-order chi connectivity index (χ0) is 15.5. The Kier molecular flexibility index (Phi) is 5.32. The second-order valence-electron chi connectivity index (χ2n) is 5.90. The lowest BCUT2D eigenvalue weighted by Crippen LogP contribution is -2.45. The van der Waals surface area contributed by atoms with Crippen molar-refractivity contribution in [1.82, 2.24) is 10.3 Å². The molecule has 1 aromatic rings. The Morgan fingerprint density at radius 2 is 2.05 bits per heavy atom. The van der Waals surface area contributed by atoms with E-state index in [1.165, 1.54) is 0 Å². The lowest BCUT2D eigenvalue weighted by Gasteiger charge is -2.39. The van der Waals surface area contributed by atoms with Crippen molar-refractivity contribution in [2.45, 2.75) is 58.1 Å². The van der Waals surface area contributed by atoms with Crippen molar-refractivity contribution in [3.8, 4) is 0 Å². The number of oxazole rings is 1. The molecule has 0 bridgehead atoms. The average molecular weight is 302 g/mol. The van der Waals surface area contributed by atoms with Gasteiger partial charge < -0.3 is 14.5 Å². The molecule has 0 aromatic carbocycles. The van der Waals surface area contributed by atoms with Crippen LogP contribution in [-0.4, -0.2) is 30.7 Å². The minimum absolute atomic E-state index is 0.339. The summed E-state index contributed by atoms with van der Waals surface area (Å²) < 4.78 is 36.6. The van der Waals surface area contributed by atoms with Gasteiger partial charge in [-0.05, 0) is 32.6 Å². The van der Waals surface area contributed by atoms with Gasteiger partial charge in [0.25, 0.3) is 0 Å². The summed E-state index contributed by atoms with van der Waals surface area (Å²) in [6.45, 7) is 4.95. The van der Waals surface area contributed by atoms with Gasteiger partial charge in [0.15, 0.2) is 5.89 Å². The number of hydrogen-bond donors (Lipinski definition) is 1. The Bertz CT molecular complexity index is 455. The molecule has 1 fully saturated rings. The average Bonchev–Trinajstić information content (AvgIpc) is 2.77. The summed E-state index contributed by atoms with van der Waals surface area (Å²) in [5.74, 6) is 0.996. The van der Waals surface area contributed by atoms with Gasteiger partial charge in [0.1, 0.15) is 5.76 Å². The van der Waals surface area contributed by atoms with Gasteiger partial charge in [-0.25, -0.2) is 13.8 Å². The molecule has 2 rings (SSSR count). The Morgan fingerprint density at radius 1 is 1.38 bits per heavy atom. The summed E-state index contributed by atoms with van der Waals surface area (Å²) in [5, 5.41) is 3.32. The van der Waals surface area contributed by atoms with Crippen molar-refractivity contribution in [3.05, 3.63) is 17.3 Å². The van der Waals surface area contributed by atoms with E-state index in [2.05, 4.69) is 10.3 Å². The number of aryl methyl sites for hydroxylation is 2. The maximum atomic E-state index is 12.7. The molecule has 0 saturated heterocycles. The van der Waals surface area contributed by atoms with Crippen LogP contribution in [0.4, 0.5) is 8.78 Å². The summed E-state index contributed by atoms with van der Waals surface area (Å²) >= 11 is 0. The Hall–Kier alpha value is -1.01. The standard InChI is InChI=1S/C15H24F2N2O2/c1-10-13(21-11(2)19-10)8-18-9-15(20-3)6-4-12(5-7-15)14(16)17/h12,14,18H,4-9H2,1-3H3. The summed E-state index contributed by atoms with van der Waals surface area (Å²) in [6, 6.07) is 0. The quantitative estimate of drug-likeness (QED) is 0.876. The van der Waals surface area contributed by atoms with Crippen LogP contribution in [0.1, 0.15) is 43.0 Å². The van der Waals surface area contributed by atoms with Crippen molar-refractivity contribution < 1.29 is 17.9 Å². The van der Waals surface area contributed by atoms with E-state index >= 15 is 0 Å². The van der Waals surface area contributed by atoms with Crippen molar-refractivity contribution in [3.63, 3.8) is 0 Å². The fourth-order valence-electron chi connectivity index (χ4n) is 3.01. The largest absolute Gasteiger partial charge is 0.444 e. The topological polar surface area (TPSA) is 47.3 Å². The second kappa shape index (κ2) is 6.83. The number of halogens is 2. The van der Waals surface area contributed by atoms with E-state index in [-0.39, 0.29) is 5.60 Å². The molecule has 1 saturated carbocycles. The van der Waals surface area contributed by atoms with E-state index in [9.17, 15) is 8.78 Å². The maximum Gasteiger partial charge on any atom is 0.241 e. The zero-order valence-corrected chi connectivity index (χ0v) is 12.9. The van der Waals surface area contributed by atoms with Crippen LogP contribution < -0.4 is 5.32 Å². The third-order valence-electron chi connectivity index (χ3n) is 4.46. The molecule has 0 spiro atoms. The van der Waals surface area contributed by atoms with Gasteiger partial charge in [-0.2, -0.15) is 0 Å². The van der Waals surface area contributed by atoms with Crippen LogP contribution in [0.2, 0.25) is 0 Å². The predicted octanol–water partition coefficient (Wildman–Crippen LogP) is 3.22. The molecule has 1 heterocycles. The molecule has 21 heavy (non-hydrogen) atoms. The van der Waals surface area contributed by atoms with Crippen LogP contribution >= 0.6 is 0 Å². The summed E-state index contributed by atoms with van der Waals surface area (Å²) in [5.41, 5.74) is 0.543. The highest BCUT2D eigenvalue weighted by atomic mass is 19.3. The third kappa shape index (κ3) is 4.01. The van der Waals surface area contributed by atoms with Gasteiger partial charge in [-0.15, -0.1) is 0 Å². The number of methoxy groups -OCH3 is 1. The highest BCUT2D eigenvalue weighted by molar-refractivity contribution is 5.07. The minimum Gasteiger partial charge on any atom is -0.444 e. The number of hydrogen-bond acceptors (Lipinski definition) is 4. The molecule has 0 radical (unpaired) electrons. The first-order chi connectivity index (χ1) is 9.96. The van der Waals surface area contributed by atoms with Crippen molar-refractivity contribution in [2.75, 3.05) is 13.7 Å². The van der Waals surface area contributed by atoms with Crippen molar-refractivity contribution in [2.24, 2.45) is 5.92 Å². The van der Waals surface area contributed by atoms with E-state index < -0.39 is 12.3 Å². The zero-order valence-electron chi connectivity index (χ0n) is 12.9. The highest BCUT2D eigenvalue weighted by Crippen LogP contribution is 2.36. The third-order valence-corrected chi connectivity index (χ3v) is 4.46. The fourth-order valence-corrected chi connectivity index (χ4v) is 3.01.